The third kappa shape index (κ3) is 8.85. The van der Waals surface area contributed by atoms with Crippen LogP contribution >= 0.6 is 11.3 Å². The Hall–Kier alpha value is -11.7. The molecule has 0 spiro atoms. The molecule has 18 aromatic rings. The molecular formula is C78H46N6O3S. The summed E-state index contributed by atoms with van der Waals surface area (Å²) in [5.74, 6) is 3.62. The van der Waals surface area contributed by atoms with Crippen LogP contribution in [0.3, 0.4) is 0 Å². The number of fused-ring (bicyclic) bond motifs is 12. The average molecular weight is 1150 g/mol. The van der Waals surface area contributed by atoms with Gasteiger partial charge in [-0.05, 0) is 59.7 Å². The van der Waals surface area contributed by atoms with E-state index in [4.69, 9.17) is 43.2 Å². The number of para-hydroxylation sites is 5. The molecule has 18 rings (SSSR count). The number of hydrogen-bond acceptors (Lipinski definition) is 10. The molecule has 0 aliphatic heterocycles. The third-order valence-corrected chi connectivity index (χ3v) is 17.5. The fraction of sp³-hybridized carbons (Fsp3) is 0. The maximum absolute atomic E-state index is 6.80. The van der Waals surface area contributed by atoms with Crippen LogP contribution in [0.1, 0.15) is 0 Å². The second-order valence-electron chi connectivity index (χ2n) is 21.6. The molecule has 6 heterocycles. The zero-order valence-corrected chi connectivity index (χ0v) is 47.7. The molecule has 0 saturated carbocycles. The first-order valence-corrected chi connectivity index (χ1v) is 29.9. The summed E-state index contributed by atoms with van der Waals surface area (Å²) < 4.78 is 22.2. The predicted molar refractivity (Wildman–Crippen MR) is 358 cm³/mol. The van der Waals surface area contributed by atoms with Crippen LogP contribution in [0.2, 0.25) is 0 Å². The lowest BCUT2D eigenvalue weighted by Crippen LogP contribution is -2.00. The molecule has 0 amide bonds. The molecule has 88 heavy (non-hydrogen) atoms. The number of hydrogen-bond donors (Lipinski definition) is 0. The first-order valence-electron chi connectivity index (χ1n) is 29.1. The van der Waals surface area contributed by atoms with E-state index in [0.29, 0.717) is 34.9 Å². The molecule has 0 radical (unpaired) electrons. The SMILES string of the molecule is c1ccc(-c2nc(-c3ccccc3)nc(-c3cccc4c3oc3c(-c5ccc6oc7ccccc7c6c5)cccc34)n2)cc1.c1ccc(-c2nc(-c3ccccc3)nc(-c3cccc4c3oc3c(-c5ccc6sc7ccccc7c6c5)cccc34)n2)cc1. The van der Waals surface area contributed by atoms with Gasteiger partial charge >= 0.3 is 0 Å². The highest BCUT2D eigenvalue weighted by atomic mass is 32.1. The summed E-state index contributed by atoms with van der Waals surface area (Å²) in [5, 5.41) is 8.88. The van der Waals surface area contributed by atoms with Crippen molar-refractivity contribution in [1.29, 1.82) is 0 Å². The van der Waals surface area contributed by atoms with Crippen LogP contribution in [-0.2, 0) is 0 Å². The second-order valence-corrected chi connectivity index (χ2v) is 22.7. The molecule has 6 aromatic heterocycles. The summed E-state index contributed by atoms with van der Waals surface area (Å²) in [6, 6.07) is 94.9. The molecule has 0 aliphatic rings. The fourth-order valence-corrected chi connectivity index (χ4v) is 13.2. The van der Waals surface area contributed by atoms with E-state index >= 15 is 0 Å². The van der Waals surface area contributed by atoms with Gasteiger partial charge in [0.1, 0.15) is 33.5 Å². The highest BCUT2D eigenvalue weighted by Gasteiger charge is 2.23. The van der Waals surface area contributed by atoms with Crippen LogP contribution in [0.25, 0.3) is 177 Å². The van der Waals surface area contributed by atoms with Gasteiger partial charge in [-0.3, -0.25) is 0 Å². The van der Waals surface area contributed by atoms with E-state index in [1.54, 1.807) is 0 Å². The van der Waals surface area contributed by atoms with Crippen LogP contribution in [-0.4, -0.2) is 29.9 Å². The Kier molecular flexibility index (Phi) is 12.2. The highest BCUT2D eigenvalue weighted by Crippen LogP contribution is 2.44. The monoisotopic (exact) mass is 1150 g/mol. The van der Waals surface area contributed by atoms with Crippen molar-refractivity contribution in [2.45, 2.75) is 0 Å². The smallest absolute Gasteiger partial charge is 0.167 e. The van der Waals surface area contributed by atoms with E-state index in [9.17, 15) is 0 Å². The van der Waals surface area contributed by atoms with Gasteiger partial charge in [-0.15, -0.1) is 11.3 Å². The molecular weight excluding hydrogens is 1100 g/mol. The zero-order chi connectivity index (χ0) is 58.1. The first kappa shape index (κ1) is 50.8. The number of thiophene rings is 1. The Morgan fingerprint density at radius 1 is 0.205 bits per heavy atom. The quantitative estimate of drug-likeness (QED) is 0.147. The molecule has 0 fully saturated rings. The topological polar surface area (TPSA) is 117 Å². The van der Waals surface area contributed by atoms with Gasteiger partial charge in [-0.1, -0.05) is 231 Å². The van der Waals surface area contributed by atoms with E-state index < -0.39 is 0 Å². The van der Waals surface area contributed by atoms with Gasteiger partial charge in [0.05, 0.1) is 11.1 Å². The second kappa shape index (κ2) is 21.1. The number of furan rings is 3. The molecule has 0 unspecified atom stereocenters. The van der Waals surface area contributed by atoms with Crippen molar-refractivity contribution < 1.29 is 13.3 Å². The van der Waals surface area contributed by atoms with Crippen molar-refractivity contribution in [2.24, 2.45) is 0 Å². The lowest BCUT2D eigenvalue weighted by molar-refractivity contribution is 0.668. The van der Waals surface area contributed by atoms with Crippen molar-refractivity contribution in [3.8, 4) is 90.6 Å². The van der Waals surface area contributed by atoms with Crippen LogP contribution in [0.5, 0.6) is 0 Å². The lowest BCUT2D eigenvalue weighted by atomic mass is 10.00. The largest absolute Gasteiger partial charge is 0.456 e. The Balaban J connectivity index is 0.000000137. The fourth-order valence-electron chi connectivity index (χ4n) is 12.1. The molecule has 9 nitrogen and oxygen atoms in total. The third-order valence-electron chi connectivity index (χ3n) is 16.3. The number of benzene rings is 12. The van der Waals surface area contributed by atoms with Crippen molar-refractivity contribution >= 4 is 97.3 Å². The van der Waals surface area contributed by atoms with Crippen molar-refractivity contribution in [1.82, 2.24) is 29.9 Å². The minimum absolute atomic E-state index is 0.565. The maximum Gasteiger partial charge on any atom is 0.167 e. The van der Waals surface area contributed by atoms with E-state index in [2.05, 4.69) is 115 Å². The van der Waals surface area contributed by atoms with Crippen molar-refractivity contribution in [3.63, 3.8) is 0 Å². The van der Waals surface area contributed by atoms with Crippen molar-refractivity contribution in [3.05, 3.63) is 279 Å². The van der Waals surface area contributed by atoms with Gasteiger partial charge in [-0.25, -0.2) is 29.9 Å². The summed E-state index contributed by atoms with van der Waals surface area (Å²) in [6.07, 6.45) is 0. The van der Waals surface area contributed by atoms with E-state index in [-0.39, 0.29) is 0 Å². The zero-order valence-electron chi connectivity index (χ0n) is 46.9. The standard InChI is InChI=1S/C39H23N3O2.C39H23N3OS/c1-3-11-24(12-4-1)37-40-38(25-13-5-2-6-14-25)42-39(41-37)31-19-10-18-30-29-17-9-16-27(35(29)44-36(30)31)26-21-22-34-32(23-26)28-15-7-8-20-33(28)43-34;1-3-11-24(12-4-1)37-40-38(25-13-5-2-6-14-25)42-39(41-37)31-19-10-18-30-29-17-9-16-27(35(29)43-36(30)31)26-21-22-34-32(23-26)28-15-7-8-20-33(28)44-34/h2*1-23H. The normalized spacial score (nSPS) is 11.6. The van der Waals surface area contributed by atoms with Crippen LogP contribution in [0.15, 0.2) is 292 Å². The van der Waals surface area contributed by atoms with Gasteiger partial charge < -0.3 is 13.3 Å². The molecule has 0 saturated heterocycles. The number of aromatic nitrogens is 6. The van der Waals surface area contributed by atoms with Gasteiger partial charge in [-0.2, -0.15) is 0 Å². The van der Waals surface area contributed by atoms with E-state index in [1.165, 1.54) is 20.2 Å². The Labute approximate surface area is 507 Å². The van der Waals surface area contributed by atoms with E-state index in [1.807, 2.05) is 175 Å². The number of rotatable bonds is 8. The predicted octanol–water partition coefficient (Wildman–Crippen LogP) is 21.1. The van der Waals surface area contributed by atoms with Crippen LogP contribution < -0.4 is 0 Å². The minimum Gasteiger partial charge on any atom is -0.456 e. The Bertz CT molecular complexity index is 5230. The molecule has 0 bridgehead atoms. The molecule has 412 valence electrons. The summed E-state index contributed by atoms with van der Waals surface area (Å²) >= 11 is 1.83. The average Bonchev–Trinajstić information content (AvgIpc) is 4.38. The van der Waals surface area contributed by atoms with Crippen molar-refractivity contribution in [2.75, 3.05) is 0 Å². The summed E-state index contributed by atoms with van der Waals surface area (Å²) in [4.78, 5) is 29.6. The summed E-state index contributed by atoms with van der Waals surface area (Å²) in [7, 11) is 0. The molecule has 10 heteroatoms. The Morgan fingerprint density at radius 3 is 1.02 bits per heavy atom. The first-order chi connectivity index (χ1) is 43.6. The van der Waals surface area contributed by atoms with Gasteiger partial charge in [0.2, 0.25) is 0 Å². The number of nitrogens with zero attached hydrogens (tertiary/aromatic N) is 6. The molecule has 0 atom stereocenters. The Morgan fingerprint density at radius 2 is 0.545 bits per heavy atom. The van der Waals surface area contributed by atoms with Crippen LogP contribution in [0.4, 0.5) is 0 Å². The van der Waals surface area contributed by atoms with Crippen LogP contribution in [0, 0.1) is 0 Å². The summed E-state index contributed by atoms with van der Waals surface area (Å²) in [6.45, 7) is 0. The maximum atomic E-state index is 6.80. The molecule has 0 N–H and O–H groups in total. The van der Waals surface area contributed by atoms with Gasteiger partial charge in [0.15, 0.2) is 34.9 Å². The summed E-state index contributed by atoms with van der Waals surface area (Å²) in [5.41, 5.74) is 14.6. The highest BCUT2D eigenvalue weighted by molar-refractivity contribution is 7.25. The van der Waals surface area contributed by atoms with Gasteiger partial charge in [0, 0.05) is 85.9 Å². The molecule has 0 aliphatic carbocycles. The lowest BCUT2D eigenvalue weighted by Gasteiger charge is -2.08. The van der Waals surface area contributed by atoms with E-state index in [0.717, 1.165) is 121 Å². The van der Waals surface area contributed by atoms with Gasteiger partial charge in [0.25, 0.3) is 0 Å². The minimum atomic E-state index is 0.565. The molecule has 12 aromatic carbocycles.